The molecule has 3 aliphatic rings. The first-order valence-corrected chi connectivity index (χ1v) is 15.5. The van der Waals surface area contributed by atoms with Crippen molar-refractivity contribution in [1.29, 1.82) is 0 Å². The number of hydrogen-bond acceptors (Lipinski definition) is 7. The number of hydrogen-bond donors (Lipinski definition) is 3. The van der Waals surface area contributed by atoms with Gasteiger partial charge in [0.05, 0.1) is 31.0 Å². The number of rotatable bonds is 9. The average molecular weight is 650 g/mol. The highest BCUT2D eigenvalue weighted by Gasteiger charge is 2.50. The van der Waals surface area contributed by atoms with E-state index in [1.165, 1.54) is 19.2 Å². The van der Waals surface area contributed by atoms with Crippen LogP contribution in [-0.2, 0) is 22.0 Å². The molecule has 2 atom stereocenters. The van der Waals surface area contributed by atoms with E-state index in [1.807, 2.05) is 10.9 Å². The van der Waals surface area contributed by atoms with Gasteiger partial charge in [-0.15, -0.1) is 0 Å². The van der Waals surface area contributed by atoms with E-state index in [1.54, 1.807) is 26.0 Å². The number of ether oxygens (including phenoxy) is 2. The van der Waals surface area contributed by atoms with Gasteiger partial charge in [0.25, 0.3) is 5.91 Å². The van der Waals surface area contributed by atoms with Crippen LogP contribution in [0.2, 0.25) is 0 Å². The summed E-state index contributed by atoms with van der Waals surface area (Å²) in [6.07, 6.45) is 0.614. The summed E-state index contributed by atoms with van der Waals surface area (Å²) in [5.41, 5.74) is 3.91. The van der Waals surface area contributed by atoms with Crippen LogP contribution in [-0.4, -0.2) is 51.9 Å². The number of nitrogens with two attached hydrogens (primary N) is 1. The molecule has 1 aliphatic heterocycles. The third-order valence-electron chi connectivity index (χ3n) is 9.65. The lowest BCUT2D eigenvalue weighted by molar-refractivity contribution is -0.137. The van der Waals surface area contributed by atoms with Crippen LogP contribution in [0.25, 0.3) is 22.2 Å². The quantitative estimate of drug-likeness (QED) is 0.234. The molecule has 4 aromatic rings. The van der Waals surface area contributed by atoms with Gasteiger partial charge in [-0.2, -0.15) is 18.3 Å². The summed E-state index contributed by atoms with van der Waals surface area (Å²) in [5, 5.41) is 20.5. The number of aromatic nitrogens is 3. The molecule has 2 aromatic heterocycles. The number of aliphatic hydroxyl groups is 1. The van der Waals surface area contributed by atoms with E-state index >= 15 is 0 Å². The zero-order valence-electron chi connectivity index (χ0n) is 26.1. The van der Waals surface area contributed by atoms with E-state index in [-0.39, 0.29) is 41.8 Å². The van der Waals surface area contributed by atoms with Crippen molar-refractivity contribution in [2.24, 2.45) is 11.7 Å². The summed E-state index contributed by atoms with van der Waals surface area (Å²) in [6, 6.07) is 8.49. The van der Waals surface area contributed by atoms with Crippen LogP contribution in [0, 0.1) is 12.8 Å². The van der Waals surface area contributed by atoms with Gasteiger partial charge in [-0.3, -0.25) is 14.3 Å². The van der Waals surface area contributed by atoms with Crippen molar-refractivity contribution in [1.82, 2.24) is 20.1 Å². The van der Waals surface area contributed by atoms with E-state index in [9.17, 15) is 27.9 Å². The molecule has 4 N–H and O–H groups in total. The Morgan fingerprint density at radius 2 is 1.91 bits per heavy atom. The molecular formula is C34H34F3N5O5. The molecule has 2 aliphatic carbocycles. The van der Waals surface area contributed by atoms with Crippen LogP contribution in [0.4, 0.5) is 13.2 Å². The largest absolute Gasteiger partial charge is 0.494 e. The summed E-state index contributed by atoms with van der Waals surface area (Å²) in [6.45, 7) is 2.83. The highest BCUT2D eigenvalue weighted by Crippen LogP contribution is 2.50. The summed E-state index contributed by atoms with van der Waals surface area (Å²) >= 11 is 0. The maximum Gasteiger partial charge on any atom is 0.416 e. The topological polar surface area (TPSA) is 142 Å². The van der Waals surface area contributed by atoms with Crippen molar-refractivity contribution in [3.63, 3.8) is 0 Å². The fourth-order valence-corrected chi connectivity index (χ4v) is 6.30. The molecule has 10 nitrogen and oxygen atoms in total. The molecule has 2 saturated carbocycles. The number of nitrogens with zero attached hydrogens (tertiary/aromatic N) is 3. The molecule has 2 fully saturated rings. The van der Waals surface area contributed by atoms with Crippen molar-refractivity contribution in [3.8, 4) is 22.8 Å². The monoisotopic (exact) mass is 649 g/mol. The first kappa shape index (κ1) is 31.0. The maximum atomic E-state index is 13.8. The third kappa shape index (κ3) is 5.26. The lowest BCUT2D eigenvalue weighted by Crippen LogP contribution is -2.44. The number of primary amides is 1. The van der Waals surface area contributed by atoms with Crippen LogP contribution in [0.15, 0.2) is 42.6 Å². The first-order chi connectivity index (χ1) is 22.2. The first-order valence-electron chi connectivity index (χ1n) is 15.5. The van der Waals surface area contributed by atoms with Crippen LogP contribution in [0.1, 0.15) is 71.4 Å². The van der Waals surface area contributed by atoms with E-state index in [2.05, 4.69) is 10.4 Å². The Labute approximate surface area is 268 Å². The van der Waals surface area contributed by atoms with Crippen molar-refractivity contribution in [2.45, 2.75) is 62.8 Å². The molecule has 2 amide bonds. The predicted octanol–water partition coefficient (Wildman–Crippen LogP) is 4.93. The molecule has 2 aromatic carbocycles. The fraction of sp³-hybridized carbons (Fsp3) is 0.412. The summed E-state index contributed by atoms with van der Waals surface area (Å²) in [5.74, 6) is -0.898. The highest BCUT2D eigenvalue weighted by molar-refractivity contribution is 6.00. The van der Waals surface area contributed by atoms with Gasteiger partial charge >= 0.3 is 6.18 Å². The van der Waals surface area contributed by atoms with Gasteiger partial charge in [-0.25, -0.2) is 4.98 Å². The lowest BCUT2D eigenvalue weighted by Gasteiger charge is -2.30. The number of nitrogens with one attached hydrogen (secondary N) is 1. The molecule has 0 unspecified atom stereocenters. The molecule has 3 heterocycles. The molecule has 47 heavy (non-hydrogen) atoms. The van der Waals surface area contributed by atoms with E-state index in [0.717, 1.165) is 30.4 Å². The van der Waals surface area contributed by atoms with Gasteiger partial charge in [0.15, 0.2) is 0 Å². The van der Waals surface area contributed by atoms with Crippen molar-refractivity contribution in [2.75, 3.05) is 20.3 Å². The normalized spacial score (nSPS) is 20.4. The Morgan fingerprint density at radius 1 is 1.17 bits per heavy atom. The lowest BCUT2D eigenvalue weighted by atomic mass is 9.81. The summed E-state index contributed by atoms with van der Waals surface area (Å²) in [4.78, 5) is 31.0. The van der Waals surface area contributed by atoms with E-state index < -0.39 is 34.6 Å². The number of benzene rings is 2. The number of methoxy groups -OCH3 is 1. The fourth-order valence-electron chi connectivity index (χ4n) is 6.30. The van der Waals surface area contributed by atoms with Gasteiger partial charge in [-0.1, -0.05) is 6.07 Å². The minimum atomic E-state index is -4.62. The minimum absolute atomic E-state index is 0.0549. The van der Waals surface area contributed by atoms with Gasteiger partial charge < -0.3 is 25.6 Å². The van der Waals surface area contributed by atoms with Gasteiger partial charge in [0.1, 0.15) is 40.3 Å². The Bertz CT molecular complexity index is 1950. The third-order valence-corrected chi connectivity index (χ3v) is 9.65. The molecule has 0 saturated heterocycles. The molecular weight excluding hydrogens is 615 g/mol. The summed E-state index contributed by atoms with van der Waals surface area (Å²) in [7, 11) is 1.51. The zero-order chi connectivity index (χ0) is 33.5. The number of amides is 2. The van der Waals surface area contributed by atoms with Crippen LogP contribution < -0.4 is 20.5 Å². The van der Waals surface area contributed by atoms with Crippen molar-refractivity contribution >= 4 is 22.7 Å². The number of aryl methyl sites for hydroxylation is 1. The van der Waals surface area contributed by atoms with E-state index in [0.29, 0.717) is 46.8 Å². The molecule has 0 radical (unpaired) electrons. The maximum absolute atomic E-state index is 13.8. The summed E-state index contributed by atoms with van der Waals surface area (Å²) < 4.78 is 54.7. The molecule has 246 valence electrons. The zero-order valence-corrected chi connectivity index (χ0v) is 26.1. The highest BCUT2D eigenvalue weighted by atomic mass is 19.4. The second-order valence-corrected chi connectivity index (χ2v) is 13.1. The number of halogens is 3. The Morgan fingerprint density at radius 3 is 2.55 bits per heavy atom. The molecule has 0 bridgehead atoms. The average Bonchev–Trinajstić information content (AvgIpc) is 3.98. The Kier molecular flexibility index (Phi) is 7.05. The van der Waals surface area contributed by atoms with Crippen LogP contribution in [0.3, 0.4) is 0 Å². The standard InChI is InChI=1S/C34H34F3N5O5/c1-17-4-5-21(34(35,36)37)12-23(17)28-29-24(32(2,16-47-29)31(38)44)13-26(40-28)33(45,20-6-7-20)15-39-30(43)18-10-19-14-42(22-8-9-22)41-27(19)25(11-18)46-3/h4-5,10-14,20,22,45H,6-9,15-16H2,1-3H3,(H2,38,44)(H,39,43)/t32-,33+/m0/s1. The second kappa shape index (κ2) is 10.7. The molecule has 0 spiro atoms. The smallest absolute Gasteiger partial charge is 0.416 e. The number of carbonyl (C=O) groups excluding carboxylic acids is 2. The number of pyridine rings is 1. The Hall–Kier alpha value is -4.65. The second-order valence-electron chi connectivity index (χ2n) is 13.1. The van der Waals surface area contributed by atoms with Crippen LogP contribution >= 0.6 is 0 Å². The van der Waals surface area contributed by atoms with Crippen molar-refractivity contribution < 1.29 is 37.3 Å². The SMILES string of the molecule is COc1cc(C(=O)NC[C@](O)(c2cc3c(c(-c4cc(C(F)(F)F)ccc4C)n2)OC[C@]3(C)C(N)=O)C2CC2)cc2cn(C3CC3)nc12. The number of carbonyl (C=O) groups is 2. The molecule has 7 rings (SSSR count). The van der Waals surface area contributed by atoms with Gasteiger partial charge in [0.2, 0.25) is 5.91 Å². The minimum Gasteiger partial charge on any atom is -0.494 e. The van der Waals surface area contributed by atoms with Crippen molar-refractivity contribution in [3.05, 3.63) is 70.5 Å². The predicted molar refractivity (Wildman–Crippen MR) is 165 cm³/mol. The van der Waals surface area contributed by atoms with Gasteiger partial charge in [0, 0.05) is 28.3 Å². The van der Waals surface area contributed by atoms with Gasteiger partial charge in [-0.05, 0) is 81.3 Å². The number of fused-ring (bicyclic) bond motifs is 2. The Balaban J connectivity index is 1.28. The van der Waals surface area contributed by atoms with E-state index in [4.69, 9.17) is 20.2 Å². The number of alkyl halides is 3. The van der Waals surface area contributed by atoms with Crippen LogP contribution in [0.5, 0.6) is 11.5 Å². The molecule has 13 heteroatoms.